The number of nitrogens with zero attached hydrogens (tertiary/aromatic N) is 2. The van der Waals surface area contributed by atoms with E-state index in [1.54, 1.807) is 0 Å². The smallest absolute Gasteiger partial charge is 0.270 e. The monoisotopic (exact) mass is 262 g/mol. The molecule has 19 heavy (non-hydrogen) atoms. The average molecular weight is 262 g/mol. The lowest BCUT2D eigenvalue weighted by Gasteiger charge is -2.08. The van der Waals surface area contributed by atoms with E-state index in [-0.39, 0.29) is 16.9 Å². The number of benzene rings is 1. The maximum absolute atomic E-state index is 12.0. The van der Waals surface area contributed by atoms with E-state index in [1.165, 1.54) is 24.5 Å². The Hall–Kier alpha value is -2.94. The van der Waals surface area contributed by atoms with Gasteiger partial charge in [-0.3, -0.25) is 25.9 Å². The second-order valence-corrected chi connectivity index (χ2v) is 3.57. The quantitative estimate of drug-likeness (QED) is 0.366. The van der Waals surface area contributed by atoms with Crippen molar-refractivity contribution in [2.24, 2.45) is 5.84 Å². The van der Waals surface area contributed by atoms with Gasteiger partial charge in [0.2, 0.25) is 0 Å². The molecule has 9 nitrogen and oxygen atoms in total. The zero-order chi connectivity index (χ0) is 13.8. The zero-order valence-electron chi connectivity index (χ0n) is 9.58. The topological polar surface area (TPSA) is 139 Å². The highest BCUT2D eigenvalue weighted by Crippen LogP contribution is 2.22. The minimum atomic E-state index is -0.588. The molecule has 0 aliphatic heterocycles. The summed E-state index contributed by atoms with van der Waals surface area (Å²) in [6.07, 6.45) is 2.88. The van der Waals surface area contributed by atoms with Gasteiger partial charge in [-0.15, -0.1) is 0 Å². The summed E-state index contributed by atoms with van der Waals surface area (Å²) in [5.41, 5.74) is 2.91. The molecule has 1 aromatic heterocycles. The molecular weight excluding hydrogens is 252 g/mol. The van der Waals surface area contributed by atoms with Crippen LogP contribution in [-0.2, 0) is 0 Å². The van der Waals surface area contributed by atoms with E-state index in [2.05, 4.69) is 20.9 Å². The van der Waals surface area contributed by atoms with E-state index in [0.29, 0.717) is 5.69 Å². The summed E-state index contributed by atoms with van der Waals surface area (Å²) in [4.78, 5) is 22.1. The van der Waals surface area contributed by atoms with Gasteiger partial charge in [0.1, 0.15) is 0 Å². The van der Waals surface area contributed by atoms with E-state index < -0.39 is 10.8 Å². The number of nitrogens with two attached hydrogens (primary N) is 1. The van der Waals surface area contributed by atoms with Crippen molar-refractivity contribution in [2.75, 3.05) is 10.7 Å². The second-order valence-electron chi connectivity index (χ2n) is 3.57. The summed E-state index contributed by atoms with van der Waals surface area (Å²) >= 11 is 0. The average Bonchev–Trinajstić information content (AvgIpc) is 2.90. The number of hydrogen-bond acceptors (Lipinski definition) is 6. The number of amides is 1. The number of carbonyl (C=O) groups excluding carboxylic acids is 1. The van der Waals surface area contributed by atoms with Crippen LogP contribution in [0.2, 0.25) is 0 Å². The van der Waals surface area contributed by atoms with Gasteiger partial charge in [0, 0.05) is 18.3 Å². The Balaban J connectivity index is 2.33. The fourth-order valence-corrected chi connectivity index (χ4v) is 1.48. The summed E-state index contributed by atoms with van der Waals surface area (Å²) in [5, 5.41) is 19.4. The maximum Gasteiger partial charge on any atom is 0.270 e. The van der Waals surface area contributed by atoms with Gasteiger partial charge in [-0.05, 0) is 6.07 Å². The Morgan fingerprint density at radius 1 is 1.47 bits per heavy atom. The number of aromatic amines is 1. The molecule has 1 aromatic carbocycles. The molecule has 9 heteroatoms. The van der Waals surface area contributed by atoms with Crippen molar-refractivity contribution in [3.63, 3.8) is 0 Å². The lowest BCUT2D eigenvalue weighted by Crippen LogP contribution is -2.17. The van der Waals surface area contributed by atoms with Gasteiger partial charge in [0.15, 0.2) is 0 Å². The van der Waals surface area contributed by atoms with Gasteiger partial charge in [-0.1, -0.05) is 0 Å². The molecule has 2 rings (SSSR count). The number of nitro benzene ring substituents is 1. The van der Waals surface area contributed by atoms with Crippen LogP contribution >= 0.6 is 0 Å². The molecule has 98 valence electrons. The van der Waals surface area contributed by atoms with Crippen LogP contribution in [0.25, 0.3) is 0 Å². The highest BCUT2D eigenvalue weighted by molar-refractivity contribution is 6.08. The minimum absolute atomic E-state index is 0.0675. The number of H-pyrrole nitrogens is 1. The molecule has 0 bridgehead atoms. The van der Waals surface area contributed by atoms with Crippen LogP contribution in [0.1, 0.15) is 10.4 Å². The Morgan fingerprint density at radius 3 is 2.84 bits per heavy atom. The Labute approximate surface area is 106 Å². The molecular formula is C10H10N6O3. The van der Waals surface area contributed by atoms with Crippen molar-refractivity contribution >= 4 is 23.0 Å². The van der Waals surface area contributed by atoms with Gasteiger partial charge < -0.3 is 10.7 Å². The predicted molar refractivity (Wildman–Crippen MR) is 67.4 cm³/mol. The highest BCUT2D eigenvalue weighted by atomic mass is 16.6. The molecule has 2 aromatic rings. The van der Waals surface area contributed by atoms with Crippen molar-refractivity contribution < 1.29 is 9.72 Å². The van der Waals surface area contributed by atoms with Crippen molar-refractivity contribution in [2.45, 2.75) is 0 Å². The fourth-order valence-electron chi connectivity index (χ4n) is 1.48. The van der Waals surface area contributed by atoms with Gasteiger partial charge in [-0.25, -0.2) is 0 Å². The largest absolute Gasteiger partial charge is 0.323 e. The van der Waals surface area contributed by atoms with Crippen LogP contribution in [0, 0.1) is 10.1 Å². The van der Waals surface area contributed by atoms with Crippen LogP contribution < -0.4 is 16.6 Å². The normalized spacial score (nSPS) is 9.95. The molecule has 0 saturated carbocycles. The Bertz CT molecular complexity index is 610. The molecule has 0 saturated heterocycles. The summed E-state index contributed by atoms with van der Waals surface area (Å²) in [7, 11) is 0. The Morgan fingerprint density at radius 2 is 2.26 bits per heavy atom. The van der Waals surface area contributed by atoms with Crippen molar-refractivity contribution in [3.05, 3.63) is 46.3 Å². The second kappa shape index (κ2) is 5.14. The number of rotatable bonds is 4. The summed E-state index contributed by atoms with van der Waals surface area (Å²) < 4.78 is 0. The molecule has 0 aliphatic rings. The summed E-state index contributed by atoms with van der Waals surface area (Å²) in [6, 6.07) is 3.76. The van der Waals surface area contributed by atoms with E-state index in [0.717, 1.165) is 6.07 Å². The molecule has 1 amide bonds. The van der Waals surface area contributed by atoms with E-state index in [1.807, 2.05) is 0 Å². The molecule has 0 radical (unpaired) electrons. The standard InChI is InChI=1S/C10H10N6O3/c11-15-9-2-1-7(16(18)19)3-8(9)10(17)14-6-4-12-13-5-6/h1-5,15H,11H2,(H,12,13)(H,14,17). The molecule has 0 unspecified atom stereocenters. The minimum Gasteiger partial charge on any atom is -0.323 e. The lowest BCUT2D eigenvalue weighted by molar-refractivity contribution is -0.384. The first kappa shape index (κ1) is 12.5. The SMILES string of the molecule is NNc1ccc([N+](=O)[O-])cc1C(=O)Nc1cn[nH]c1. The van der Waals surface area contributed by atoms with Crippen LogP contribution in [0.3, 0.4) is 0 Å². The number of hydrogen-bond donors (Lipinski definition) is 4. The number of non-ortho nitro benzene ring substituents is 1. The third kappa shape index (κ3) is 2.66. The van der Waals surface area contributed by atoms with Gasteiger partial charge in [0.25, 0.3) is 11.6 Å². The third-order valence-electron chi connectivity index (χ3n) is 2.37. The van der Waals surface area contributed by atoms with Gasteiger partial charge >= 0.3 is 0 Å². The molecule has 0 atom stereocenters. The van der Waals surface area contributed by atoms with Gasteiger partial charge in [-0.2, -0.15) is 5.10 Å². The first-order valence-electron chi connectivity index (χ1n) is 5.17. The van der Waals surface area contributed by atoms with Crippen LogP contribution in [-0.4, -0.2) is 21.0 Å². The van der Waals surface area contributed by atoms with E-state index >= 15 is 0 Å². The van der Waals surface area contributed by atoms with Crippen molar-refractivity contribution in [1.29, 1.82) is 0 Å². The van der Waals surface area contributed by atoms with Gasteiger partial charge in [0.05, 0.1) is 28.1 Å². The number of carbonyl (C=O) groups is 1. The van der Waals surface area contributed by atoms with E-state index in [4.69, 9.17) is 5.84 Å². The number of anilines is 2. The predicted octanol–water partition coefficient (Wildman–Crippen LogP) is 0.856. The Kier molecular flexibility index (Phi) is 3.39. The summed E-state index contributed by atoms with van der Waals surface area (Å²) in [6.45, 7) is 0. The van der Waals surface area contributed by atoms with Crippen LogP contribution in [0.4, 0.5) is 17.1 Å². The fraction of sp³-hybridized carbons (Fsp3) is 0. The third-order valence-corrected chi connectivity index (χ3v) is 2.37. The van der Waals surface area contributed by atoms with Crippen LogP contribution in [0.5, 0.6) is 0 Å². The van der Waals surface area contributed by atoms with Crippen molar-refractivity contribution in [1.82, 2.24) is 10.2 Å². The number of aromatic nitrogens is 2. The molecule has 5 N–H and O–H groups in total. The maximum atomic E-state index is 12.0. The number of hydrazine groups is 1. The number of nitrogens with one attached hydrogen (secondary N) is 3. The zero-order valence-corrected chi connectivity index (χ0v) is 9.58. The van der Waals surface area contributed by atoms with Crippen molar-refractivity contribution in [3.8, 4) is 0 Å². The first-order chi connectivity index (χ1) is 9.11. The van der Waals surface area contributed by atoms with Crippen LogP contribution in [0.15, 0.2) is 30.6 Å². The first-order valence-corrected chi connectivity index (χ1v) is 5.17. The molecule has 0 fully saturated rings. The lowest BCUT2D eigenvalue weighted by atomic mass is 10.1. The molecule has 0 spiro atoms. The van der Waals surface area contributed by atoms with E-state index in [9.17, 15) is 14.9 Å². The number of nitrogen functional groups attached to an aromatic ring is 1. The highest BCUT2D eigenvalue weighted by Gasteiger charge is 2.16. The molecule has 1 heterocycles. The number of nitro groups is 1. The molecule has 0 aliphatic carbocycles. The summed E-state index contributed by atoms with van der Waals surface area (Å²) in [5.74, 6) is 4.74.